The average molecular weight is 330 g/mol. The van der Waals surface area contributed by atoms with Gasteiger partial charge in [-0.3, -0.25) is 0 Å². The Kier molecular flexibility index (Phi) is 8.10. The minimum atomic E-state index is 0.160. The van der Waals surface area contributed by atoms with Crippen molar-refractivity contribution in [3.05, 3.63) is 28.2 Å². The third-order valence-corrected chi connectivity index (χ3v) is 3.55. The highest BCUT2D eigenvalue weighted by Crippen LogP contribution is 2.29. The predicted molar refractivity (Wildman–Crippen MR) is 82.6 cm³/mol. The zero-order valence-electron chi connectivity index (χ0n) is 11.8. The molecule has 0 radical (unpaired) electrons. The SMILES string of the molecule is CCCCOCCNC(CC)c1cc(Br)ccc1O. The lowest BCUT2D eigenvalue weighted by Gasteiger charge is -2.19. The zero-order chi connectivity index (χ0) is 14.1. The van der Waals surface area contributed by atoms with Gasteiger partial charge in [0.2, 0.25) is 0 Å². The third-order valence-electron chi connectivity index (χ3n) is 3.05. The molecule has 19 heavy (non-hydrogen) atoms. The molecule has 0 aliphatic carbocycles. The number of rotatable bonds is 9. The van der Waals surface area contributed by atoms with Crippen LogP contribution < -0.4 is 5.32 Å². The van der Waals surface area contributed by atoms with Crippen LogP contribution in [0.1, 0.15) is 44.7 Å². The number of hydrogen-bond acceptors (Lipinski definition) is 3. The van der Waals surface area contributed by atoms with Crippen molar-refractivity contribution >= 4 is 15.9 Å². The fraction of sp³-hybridized carbons (Fsp3) is 0.600. The first-order chi connectivity index (χ1) is 9.19. The Morgan fingerprint density at radius 1 is 1.32 bits per heavy atom. The standard InChI is InChI=1S/C15H24BrNO2/c1-3-5-9-19-10-8-17-14(4-2)13-11-12(16)6-7-15(13)18/h6-7,11,14,17-18H,3-5,8-10H2,1-2H3. The van der Waals surface area contributed by atoms with E-state index < -0.39 is 0 Å². The summed E-state index contributed by atoms with van der Waals surface area (Å²) < 4.78 is 6.51. The predicted octanol–water partition coefficient (Wildman–Crippen LogP) is 4.01. The highest BCUT2D eigenvalue weighted by molar-refractivity contribution is 9.10. The molecule has 0 aliphatic rings. The van der Waals surface area contributed by atoms with Crippen LogP contribution in [0, 0.1) is 0 Å². The van der Waals surface area contributed by atoms with Gasteiger partial charge in [0.1, 0.15) is 5.75 Å². The monoisotopic (exact) mass is 329 g/mol. The molecular weight excluding hydrogens is 306 g/mol. The molecule has 4 heteroatoms. The number of nitrogens with one attached hydrogen (secondary N) is 1. The minimum Gasteiger partial charge on any atom is -0.508 e. The Morgan fingerprint density at radius 3 is 2.79 bits per heavy atom. The van der Waals surface area contributed by atoms with E-state index >= 15 is 0 Å². The molecule has 3 nitrogen and oxygen atoms in total. The number of unbranched alkanes of at least 4 members (excludes halogenated alkanes) is 1. The number of aromatic hydroxyl groups is 1. The molecule has 0 fully saturated rings. The first-order valence-electron chi connectivity index (χ1n) is 6.98. The van der Waals surface area contributed by atoms with E-state index in [1.807, 2.05) is 12.1 Å². The van der Waals surface area contributed by atoms with E-state index in [0.717, 1.165) is 42.5 Å². The first-order valence-corrected chi connectivity index (χ1v) is 7.77. The molecular formula is C15H24BrNO2. The number of phenolic OH excluding ortho intramolecular Hbond substituents is 1. The molecule has 1 atom stereocenters. The Hall–Kier alpha value is -0.580. The number of phenols is 1. The maximum absolute atomic E-state index is 9.92. The Balaban J connectivity index is 2.42. The fourth-order valence-corrected chi connectivity index (χ4v) is 2.31. The Labute approximate surface area is 124 Å². The number of ether oxygens (including phenoxy) is 1. The van der Waals surface area contributed by atoms with Crippen LogP contribution >= 0.6 is 15.9 Å². The number of benzene rings is 1. The Morgan fingerprint density at radius 2 is 2.11 bits per heavy atom. The molecule has 1 rings (SSSR count). The van der Waals surface area contributed by atoms with Crippen LogP contribution in [-0.4, -0.2) is 24.9 Å². The van der Waals surface area contributed by atoms with Crippen LogP contribution in [0.3, 0.4) is 0 Å². The van der Waals surface area contributed by atoms with E-state index in [0.29, 0.717) is 12.4 Å². The summed E-state index contributed by atoms with van der Waals surface area (Å²) in [7, 11) is 0. The topological polar surface area (TPSA) is 41.5 Å². The smallest absolute Gasteiger partial charge is 0.120 e. The fourth-order valence-electron chi connectivity index (χ4n) is 1.93. The lowest BCUT2D eigenvalue weighted by Crippen LogP contribution is -2.25. The van der Waals surface area contributed by atoms with Gasteiger partial charge in [-0.05, 0) is 31.0 Å². The van der Waals surface area contributed by atoms with Gasteiger partial charge in [-0.1, -0.05) is 36.2 Å². The number of halogens is 1. The van der Waals surface area contributed by atoms with Crippen LogP contribution in [0.15, 0.2) is 22.7 Å². The molecule has 0 saturated heterocycles. The minimum absolute atomic E-state index is 0.160. The molecule has 0 heterocycles. The van der Waals surface area contributed by atoms with Gasteiger partial charge in [0.25, 0.3) is 0 Å². The van der Waals surface area contributed by atoms with Crippen molar-refractivity contribution in [3.8, 4) is 5.75 Å². The van der Waals surface area contributed by atoms with Gasteiger partial charge in [0.05, 0.1) is 6.61 Å². The summed E-state index contributed by atoms with van der Waals surface area (Å²) in [4.78, 5) is 0. The van der Waals surface area contributed by atoms with Crippen LogP contribution in [0.25, 0.3) is 0 Å². The van der Waals surface area contributed by atoms with E-state index in [4.69, 9.17) is 4.74 Å². The summed E-state index contributed by atoms with van der Waals surface area (Å²) >= 11 is 3.44. The van der Waals surface area contributed by atoms with Crippen LogP contribution in [0.4, 0.5) is 0 Å². The van der Waals surface area contributed by atoms with Gasteiger partial charge in [0.15, 0.2) is 0 Å². The van der Waals surface area contributed by atoms with Gasteiger partial charge in [-0.25, -0.2) is 0 Å². The van der Waals surface area contributed by atoms with Crippen LogP contribution in [0.5, 0.6) is 5.75 Å². The van der Waals surface area contributed by atoms with Gasteiger partial charge >= 0.3 is 0 Å². The normalized spacial score (nSPS) is 12.6. The zero-order valence-corrected chi connectivity index (χ0v) is 13.4. The molecule has 0 saturated carbocycles. The Bertz CT molecular complexity index is 371. The van der Waals surface area contributed by atoms with E-state index in [1.54, 1.807) is 6.07 Å². The molecule has 0 aliphatic heterocycles. The van der Waals surface area contributed by atoms with Crippen LogP contribution in [-0.2, 0) is 4.74 Å². The molecule has 0 bridgehead atoms. The third kappa shape index (κ3) is 5.93. The highest BCUT2D eigenvalue weighted by Gasteiger charge is 2.13. The van der Waals surface area contributed by atoms with Crippen LogP contribution in [0.2, 0.25) is 0 Å². The molecule has 108 valence electrons. The summed E-state index contributed by atoms with van der Waals surface area (Å²) in [5.74, 6) is 0.342. The second-order valence-electron chi connectivity index (χ2n) is 4.58. The first kappa shape index (κ1) is 16.5. The summed E-state index contributed by atoms with van der Waals surface area (Å²) in [5.41, 5.74) is 0.936. The average Bonchev–Trinajstić information content (AvgIpc) is 2.41. The largest absolute Gasteiger partial charge is 0.508 e. The van der Waals surface area contributed by atoms with Crippen molar-refractivity contribution in [2.24, 2.45) is 0 Å². The summed E-state index contributed by atoms with van der Waals surface area (Å²) in [6, 6.07) is 5.70. The van der Waals surface area contributed by atoms with Crippen molar-refractivity contribution < 1.29 is 9.84 Å². The van der Waals surface area contributed by atoms with E-state index in [1.165, 1.54) is 0 Å². The molecule has 1 aromatic carbocycles. The van der Waals surface area contributed by atoms with Gasteiger partial charge in [0, 0.05) is 29.2 Å². The second-order valence-corrected chi connectivity index (χ2v) is 5.50. The van der Waals surface area contributed by atoms with Crippen molar-refractivity contribution in [3.63, 3.8) is 0 Å². The van der Waals surface area contributed by atoms with Gasteiger partial charge in [-0.2, -0.15) is 0 Å². The maximum atomic E-state index is 9.92. The van der Waals surface area contributed by atoms with Gasteiger partial charge < -0.3 is 15.2 Å². The number of hydrogen-bond donors (Lipinski definition) is 2. The highest BCUT2D eigenvalue weighted by atomic mass is 79.9. The van der Waals surface area contributed by atoms with Crippen molar-refractivity contribution in [1.29, 1.82) is 0 Å². The van der Waals surface area contributed by atoms with E-state index in [9.17, 15) is 5.11 Å². The second kappa shape index (κ2) is 9.34. The molecule has 0 spiro atoms. The molecule has 1 unspecified atom stereocenters. The summed E-state index contributed by atoms with van der Waals surface area (Å²) in [5, 5.41) is 13.3. The van der Waals surface area contributed by atoms with Crippen molar-refractivity contribution in [2.75, 3.05) is 19.8 Å². The van der Waals surface area contributed by atoms with Crippen molar-refractivity contribution in [2.45, 2.75) is 39.2 Å². The molecule has 0 aromatic heterocycles. The molecule has 2 N–H and O–H groups in total. The maximum Gasteiger partial charge on any atom is 0.120 e. The van der Waals surface area contributed by atoms with E-state index in [-0.39, 0.29) is 6.04 Å². The molecule has 1 aromatic rings. The summed E-state index contributed by atoms with van der Waals surface area (Å²) in [6.45, 7) is 6.61. The van der Waals surface area contributed by atoms with E-state index in [2.05, 4.69) is 35.1 Å². The lowest BCUT2D eigenvalue weighted by atomic mass is 10.0. The summed E-state index contributed by atoms with van der Waals surface area (Å²) in [6.07, 6.45) is 3.21. The van der Waals surface area contributed by atoms with Gasteiger partial charge in [-0.15, -0.1) is 0 Å². The molecule has 0 amide bonds. The quantitative estimate of drug-likeness (QED) is 0.672. The van der Waals surface area contributed by atoms with Crippen molar-refractivity contribution in [1.82, 2.24) is 5.32 Å². The lowest BCUT2D eigenvalue weighted by molar-refractivity contribution is 0.130.